The molecule has 0 aliphatic carbocycles. The summed E-state index contributed by atoms with van der Waals surface area (Å²) in [6.07, 6.45) is 7.29. The highest BCUT2D eigenvalue weighted by molar-refractivity contribution is 7.30. The van der Waals surface area contributed by atoms with E-state index in [2.05, 4.69) is 111 Å². The van der Waals surface area contributed by atoms with Gasteiger partial charge in [-0.3, -0.25) is 0 Å². The number of hydrogen-bond acceptors (Lipinski definition) is 4. The average Bonchev–Trinajstić information content (AvgIpc) is 3.87. The molecule has 4 heteroatoms. The normalized spacial score (nSPS) is 12.0. The molecule has 8 aromatic rings. The molecule has 4 heterocycles. The lowest BCUT2D eigenvalue weighted by molar-refractivity contribution is 0.796. The van der Waals surface area contributed by atoms with Crippen LogP contribution in [0.15, 0.2) is 97.1 Å². The monoisotopic (exact) mass is 642 g/mol. The van der Waals surface area contributed by atoms with Gasteiger partial charge in [-0.1, -0.05) is 75.2 Å². The Bertz CT molecular complexity index is 2110. The van der Waals surface area contributed by atoms with E-state index in [0.29, 0.717) is 0 Å². The molecule has 8 rings (SSSR count). The van der Waals surface area contributed by atoms with Crippen molar-refractivity contribution in [3.63, 3.8) is 0 Å². The van der Waals surface area contributed by atoms with Gasteiger partial charge in [0, 0.05) is 49.4 Å². The first kappa shape index (κ1) is 28.2. The summed E-state index contributed by atoms with van der Waals surface area (Å²) in [4.78, 5) is 8.17. The third kappa shape index (κ3) is 5.22. The zero-order valence-corrected chi connectivity index (χ0v) is 28.4. The van der Waals surface area contributed by atoms with Gasteiger partial charge in [0.25, 0.3) is 0 Å². The Morgan fingerprint density at radius 3 is 1.23 bits per heavy atom. The summed E-state index contributed by atoms with van der Waals surface area (Å²) in [6, 6.07) is 37.4. The summed E-state index contributed by atoms with van der Waals surface area (Å²) in [5, 5.41) is 8.25. The van der Waals surface area contributed by atoms with Crippen LogP contribution in [0.25, 0.3) is 71.0 Å². The first-order chi connectivity index (χ1) is 21.7. The molecule has 44 heavy (non-hydrogen) atoms. The van der Waals surface area contributed by atoms with Crippen molar-refractivity contribution in [1.29, 1.82) is 0 Å². The van der Waals surface area contributed by atoms with E-state index in [4.69, 9.17) is 0 Å². The highest BCUT2D eigenvalue weighted by Gasteiger charge is 2.14. The summed E-state index contributed by atoms with van der Waals surface area (Å²) in [5.74, 6) is 0. The van der Waals surface area contributed by atoms with Crippen LogP contribution in [0.5, 0.6) is 0 Å². The summed E-state index contributed by atoms with van der Waals surface area (Å²) in [7, 11) is 0. The van der Waals surface area contributed by atoms with Gasteiger partial charge in [-0.25, -0.2) is 0 Å². The Morgan fingerprint density at radius 1 is 0.386 bits per heavy atom. The molecule has 0 saturated heterocycles. The van der Waals surface area contributed by atoms with Gasteiger partial charge in [-0.15, -0.1) is 45.3 Å². The fourth-order valence-electron chi connectivity index (χ4n) is 6.29. The van der Waals surface area contributed by atoms with E-state index >= 15 is 0 Å². The van der Waals surface area contributed by atoms with Crippen LogP contribution >= 0.6 is 45.3 Å². The lowest BCUT2D eigenvalue weighted by atomic mass is 10.0. The molecule has 0 atom stereocenters. The van der Waals surface area contributed by atoms with Gasteiger partial charge in [0.05, 0.1) is 0 Å². The van der Waals surface area contributed by atoms with Gasteiger partial charge in [0.1, 0.15) is 0 Å². The average molecular weight is 643 g/mol. The second kappa shape index (κ2) is 11.9. The minimum absolute atomic E-state index is 1.16. The summed E-state index contributed by atoms with van der Waals surface area (Å²) >= 11 is 7.69. The lowest BCUT2D eigenvalue weighted by Gasteiger charge is -2.04. The Kier molecular flexibility index (Phi) is 7.63. The summed E-state index contributed by atoms with van der Waals surface area (Å²) in [5.41, 5.74) is 2.91. The van der Waals surface area contributed by atoms with Crippen molar-refractivity contribution in [1.82, 2.24) is 0 Å². The van der Waals surface area contributed by atoms with Crippen LogP contribution in [0, 0.1) is 0 Å². The van der Waals surface area contributed by atoms with Gasteiger partial charge in [0.2, 0.25) is 0 Å². The predicted molar refractivity (Wildman–Crippen MR) is 202 cm³/mol. The second-order valence-electron chi connectivity index (χ2n) is 11.8. The third-order valence-electron chi connectivity index (χ3n) is 8.74. The number of aryl methyl sites for hydroxylation is 2. The third-order valence-corrected chi connectivity index (χ3v) is 13.7. The van der Waals surface area contributed by atoms with Crippen LogP contribution in [0.4, 0.5) is 0 Å². The predicted octanol–water partition coefficient (Wildman–Crippen LogP) is 14.2. The molecule has 0 saturated carbocycles. The molecule has 4 aromatic heterocycles. The molecule has 0 nitrogen and oxygen atoms in total. The van der Waals surface area contributed by atoms with Gasteiger partial charge >= 0.3 is 0 Å². The molecule has 0 amide bonds. The molecule has 0 radical (unpaired) electrons. The zero-order chi connectivity index (χ0) is 29.6. The molecule has 0 N–H and O–H groups in total. The molecule has 0 aliphatic rings. The molecule has 0 spiro atoms. The highest BCUT2D eigenvalue weighted by atomic mass is 32.1. The molecule has 0 unspecified atom stereocenters. The Hall–Kier alpha value is -3.28. The summed E-state index contributed by atoms with van der Waals surface area (Å²) in [6.45, 7) is 4.54. The molecule has 218 valence electrons. The van der Waals surface area contributed by atoms with Crippen molar-refractivity contribution in [2.45, 2.75) is 52.4 Å². The van der Waals surface area contributed by atoms with E-state index in [9.17, 15) is 0 Å². The van der Waals surface area contributed by atoms with Crippen molar-refractivity contribution in [3.8, 4) is 29.3 Å². The minimum atomic E-state index is 1.16. The van der Waals surface area contributed by atoms with Crippen LogP contribution in [0.1, 0.15) is 50.7 Å². The number of unbranched alkanes of at least 4 members (excludes halogenated alkanes) is 2. The van der Waals surface area contributed by atoms with E-state index in [1.807, 2.05) is 45.3 Å². The van der Waals surface area contributed by atoms with Crippen LogP contribution in [-0.4, -0.2) is 0 Å². The van der Waals surface area contributed by atoms with Crippen LogP contribution in [0.2, 0.25) is 0 Å². The standard InChI is InChI=1S/C40H34S4/c1-3-5-7-25-9-11-27-13-15-33-31(29(27)21-25)23-39(41-33)37-19-17-35(43-37)36-18-20-38(44-36)40-24-32-30-22-26(8-6-4-2)10-12-28(30)14-16-34(32)42-40/h9-24H,3-8H2,1-2H3. The van der Waals surface area contributed by atoms with Crippen molar-refractivity contribution in [2.75, 3.05) is 0 Å². The maximum atomic E-state index is 2.43. The Morgan fingerprint density at radius 2 is 0.795 bits per heavy atom. The SMILES string of the molecule is CCCCc1ccc2ccc3sc(-c4ccc(-c5ccc(-c6cc7c(ccc8ccc(CCCC)cc87)s6)s5)s4)cc3c2c1. The fraction of sp³-hybridized carbons (Fsp3) is 0.200. The van der Waals surface area contributed by atoms with E-state index in [1.165, 1.54) is 108 Å². The first-order valence-electron chi connectivity index (χ1n) is 15.8. The first-order valence-corrected chi connectivity index (χ1v) is 19.0. The van der Waals surface area contributed by atoms with Crippen molar-refractivity contribution in [2.24, 2.45) is 0 Å². The second-order valence-corrected chi connectivity index (χ2v) is 16.2. The lowest BCUT2D eigenvalue weighted by Crippen LogP contribution is -1.84. The zero-order valence-electron chi connectivity index (χ0n) is 25.1. The van der Waals surface area contributed by atoms with E-state index in [-0.39, 0.29) is 0 Å². The smallest absolute Gasteiger partial charge is 0.0455 e. The quantitative estimate of drug-likeness (QED) is 0.147. The van der Waals surface area contributed by atoms with Gasteiger partial charge in [-0.05, 0) is 107 Å². The topological polar surface area (TPSA) is 0 Å². The highest BCUT2D eigenvalue weighted by Crippen LogP contribution is 2.46. The van der Waals surface area contributed by atoms with E-state index in [1.54, 1.807) is 0 Å². The Labute approximate surface area is 275 Å². The number of fused-ring (bicyclic) bond motifs is 6. The van der Waals surface area contributed by atoms with Crippen molar-refractivity contribution < 1.29 is 0 Å². The van der Waals surface area contributed by atoms with Crippen LogP contribution in [-0.2, 0) is 12.8 Å². The minimum Gasteiger partial charge on any atom is -0.134 e. The van der Waals surface area contributed by atoms with Gasteiger partial charge in [-0.2, -0.15) is 0 Å². The molecule has 0 fully saturated rings. The number of hydrogen-bond donors (Lipinski definition) is 0. The maximum absolute atomic E-state index is 2.43. The molecular weight excluding hydrogens is 609 g/mol. The Balaban J connectivity index is 1.10. The molecule has 0 bridgehead atoms. The number of thiophene rings is 4. The van der Waals surface area contributed by atoms with E-state index < -0.39 is 0 Å². The largest absolute Gasteiger partial charge is 0.134 e. The molecule has 0 aliphatic heterocycles. The number of rotatable bonds is 9. The summed E-state index contributed by atoms with van der Waals surface area (Å²) < 4.78 is 2.76. The fourth-order valence-corrected chi connectivity index (χ4v) is 10.7. The maximum Gasteiger partial charge on any atom is 0.0455 e. The van der Waals surface area contributed by atoms with Gasteiger partial charge < -0.3 is 0 Å². The van der Waals surface area contributed by atoms with Crippen LogP contribution in [0.3, 0.4) is 0 Å². The number of benzene rings is 4. The van der Waals surface area contributed by atoms with E-state index in [0.717, 1.165) is 12.8 Å². The van der Waals surface area contributed by atoms with Crippen molar-refractivity contribution in [3.05, 3.63) is 108 Å². The van der Waals surface area contributed by atoms with Gasteiger partial charge in [0.15, 0.2) is 0 Å². The van der Waals surface area contributed by atoms with Crippen LogP contribution < -0.4 is 0 Å². The molecule has 4 aromatic carbocycles. The molecular formula is C40H34S4. The van der Waals surface area contributed by atoms with Crippen molar-refractivity contribution >= 4 is 87.1 Å².